The van der Waals surface area contributed by atoms with Gasteiger partial charge >= 0.3 is 6.01 Å². The third-order valence-corrected chi connectivity index (χ3v) is 6.72. The minimum Gasteiger partial charge on any atom is -0.463 e. The number of hydrogen-bond donors (Lipinski definition) is 3. The molecule has 1 saturated heterocycles. The molecule has 1 fully saturated rings. The predicted molar refractivity (Wildman–Crippen MR) is 144 cm³/mol. The van der Waals surface area contributed by atoms with Crippen molar-refractivity contribution in [1.82, 2.24) is 30.2 Å². The van der Waals surface area contributed by atoms with Crippen LogP contribution >= 0.6 is 0 Å². The van der Waals surface area contributed by atoms with Crippen molar-refractivity contribution in [3.8, 4) is 17.5 Å². The van der Waals surface area contributed by atoms with Crippen molar-refractivity contribution in [2.24, 2.45) is 0 Å². The Morgan fingerprint density at radius 3 is 2.89 bits per heavy atom. The Balaban J connectivity index is 1.31. The fourth-order valence-electron chi connectivity index (χ4n) is 4.57. The maximum Gasteiger partial charge on any atom is 0.320 e. The van der Waals surface area contributed by atoms with Crippen LogP contribution < -0.4 is 25.8 Å². The summed E-state index contributed by atoms with van der Waals surface area (Å²) < 4.78 is 14.1. The van der Waals surface area contributed by atoms with Crippen LogP contribution in [0.2, 0.25) is 0 Å². The molecule has 2 aromatic heterocycles. The monoisotopic (exact) mass is 511 g/mol. The summed E-state index contributed by atoms with van der Waals surface area (Å²) >= 11 is 0. The van der Waals surface area contributed by atoms with E-state index in [9.17, 15) is 4.79 Å². The number of anilines is 1. The molecular formula is C28H29N7O3. The lowest BCUT2D eigenvalue weighted by molar-refractivity contribution is 0.0923. The number of nitrogens with one attached hydrogen (secondary N) is 2. The molecule has 194 valence electrons. The number of benzene rings is 2. The van der Waals surface area contributed by atoms with Crippen molar-refractivity contribution in [2.75, 3.05) is 25.4 Å². The van der Waals surface area contributed by atoms with Crippen molar-refractivity contribution in [3.63, 3.8) is 0 Å². The molecule has 2 aromatic carbocycles. The summed E-state index contributed by atoms with van der Waals surface area (Å²) in [5.74, 6) is 2.35. The number of aryl methyl sites for hydroxylation is 1. The third-order valence-electron chi connectivity index (χ3n) is 6.72. The number of nitrogen functional groups attached to an aromatic ring is 1. The van der Waals surface area contributed by atoms with E-state index in [4.69, 9.17) is 15.2 Å². The second-order valence-electron chi connectivity index (χ2n) is 9.52. The summed E-state index contributed by atoms with van der Waals surface area (Å²) in [5.41, 5.74) is 10.1. The van der Waals surface area contributed by atoms with Gasteiger partial charge in [0.05, 0.1) is 19.2 Å². The van der Waals surface area contributed by atoms with E-state index in [1.807, 2.05) is 35.8 Å². The Bertz CT molecular complexity index is 1540. The van der Waals surface area contributed by atoms with E-state index in [2.05, 4.69) is 43.8 Å². The van der Waals surface area contributed by atoms with E-state index in [0.29, 0.717) is 54.3 Å². The lowest BCUT2D eigenvalue weighted by Crippen LogP contribution is -2.56. The predicted octanol–water partition coefficient (Wildman–Crippen LogP) is 3.14. The van der Waals surface area contributed by atoms with E-state index < -0.39 is 0 Å². The highest BCUT2D eigenvalue weighted by atomic mass is 16.5. The van der Waals surface area contributed by atoms with E-state index in [1.54, 1.807) is 12.1 Å². The third kappa shape index (κ3) is 4.90. The molecule has 4 N–H and O–H groups in total. The minimum atomic E-state index is -0.0976. The number of allylic oxidation sites excluding steroid dienone is 1. The molecule has 0 saturated carbocycles. The first-order chi connectivity index (χ1) is 18.5. The van der Waals surface area contributed by atoms with E-state index in [1.165, 1.54) is 0 Å². The van der Waals surface area contributed by atoms with Gasteiger partial charge in [0.1, 0.15) is 17.3 Å². The van der Waals surface area contributed by atoms with Crippen LogP contribution in [0.3, 0.4) is 0 Å². The van der Waals surface area contributed by atoms with Crippen molar-refractivity contribution < 1.29 is 14.3 Å². The number of rotatable bonds is 4. The molecule has 0 radical (unpaired) electrons. The van der Waals surface area contributed by atoms with Crippen molar-refractivity contribution in [1.29, 1.82) is 0 Å². The number of ether oxygens (including phenoxy) is 2. The number of nitrogens with two attached hydrogens (primary N) is 1. The standard InChI is InChI=1S/C28H29N7O3/c1-17-31-24-25(29)33-28-34-26(24)35(17)16-18-9-10-23(19(12-18)6-3-2-4-11-37-28)38-22-8-5-7-20(13-22)27(36)32-21-14-30-15-21/h2-3,5,7-10,12-13,21,30H,4,6,11,14-16H2,1H3,(H,32,36)(H2,29,33,34)/b3-2-. The van der Waals surface area contributed by atoms with Gasteiger partial charge in [-0.05, 0) is 61.2 Å². The highest BCUT2D eigenvalue weighted by Crippen LogP contribution is 2.29. The molecule has 0 aliphatic carbocycles. The summed E-state index contributed by atoms with van der Waals surface area (Å²) in [6, 6.07) is 13.9. The average molecular weight is 512 g/mol. The Kier molecular flexibility index (Phi) is 6.38. The molecule has 4 heterocycles. The van der Waals surface area contributed by atoms with E-state index >= 15 is 0 Å². The van der Waals surface area contributed by atoms with E-state index in [0.717, 1.165) is 35.8 Å². The largest absolute Gasteiger partial charge is 0.463 e. The molecule has 0 spiro atoms. The summed E-state index contributed by atoms with van der Waals surface area (Å²) in [4.78, 5) is 26.1. The lowest BCUT2D eigenvalue weighted by Gasteiger charge is -2.27. The number of fused-ring (bicyclic) bond motifs is 3. The van der Waals surface area contributed by atoms with Crippen molar-refractivity contribution >= 4 is 22.9 Å². The van der Waals surface area contributed by atoms with Gasteiger partial charge in [0.15, 0.2) is 17.0 Å². The molecule has 10 nitrogen and oxygen atoms in total. The van der Waals surface area contributed by atoms with Crippen LogP contribution in [0.4, 0.5) is 5.82 Å². The first-order valence-corrected chi connectivity index (χ1v) is 12.7. The SMILES string of the molecule is Cc1nc2c(N)nc3nc2n1Cc1ccc(Oc2cccc(C(=O)NC4CNC4)c2)c(c1)C/C=C\CCO3. The van der Waals surface area contributed by atoms with Gasteiger partial charge in [0.25, 0.3) is 5.91 Å². The first kappa shape index (κ1) is 23.9. The molecule has 38 heavy (non-hydrogen) atoms. The van der Waals surface area contributed by atoms with Crippen molar-refractivity contribution in [2.45, 2.75) is 32.4 Å². The molecule has 4 aromatic rings. The van der Waals surface area contributed by atoms with Crippen LogP contribution in [-0.2, 0) is 13.0 Å². The average Bonchev–Trinajstić information content (AvgIpc) is 3.20. The Morgan fingerprint density at radius 1 is 1.16 bits per heavy atom. The number of nitrogens with zero attached hydrogens (tertiary/aromatic N) is 4. The first-order valence-electron chi connectivity index (χ1n) is 12.7. The normalized spacial score (nSPS) is 16.3. The highest BCUT2D eigenvalue weighted by Gasteiger charge is 2.20. The molecule has 10 heteroatoms. The Morgan fingerprint density at radius 2 is 2.05 bits per heavy atom. The van der Waals surface area contributed by atoms with Gasteiger partial charge < -0.3 is 30.4 Å². The zero-order valence-corrected chi connectivity index (χ0v) is 21.1. The lowest BCUT2D eigenvalue weighted by atomic mass is 10.1. The quantitative estimate of drug-likeness (QED) is 0.357. The fourth-order valence-corrected chi connectivity index (χ4v) is 4.57. The number of carbonyl (C=O) groups excluding carboxylic acids is 1. The van der Waals surface area contributed by atoms with Crippen LogP contribution in [0, 0.1) is 6.92 Å². The van der Waals surface area contributed by atoms with E-state index in [-0.39, 0.29) is 18.0 Å². The second-order valence-corrected chi connectivity index (χ2v) is 9.52. The number of imidazole rings is 1. The molecule has 2 aliphatic heterocycles. The van der Waals surface area contributed by atoms with Gasteiger partial charge in [-0.15, -0.1) is 0 Å². The van der Waals surface area contributed by atoms with Crippen molar-refractivity contribution in [3.05, 3.63) is 77.1 Å². The minimum absolute atomic E-state index is 0.0976. The highest BCUT2D eigenvalue weighted by molar-refractivity contribution is 5.94. The topological polar surface area (TPSA) is 129 Å². The number of carbonyl (C=O) groups is 1. The number of amides is 1. The Labute approximate surface area is 219 Å². The summed E-state index contributed by atoms with van der Waals surface area (Å²) in [5, 5.41) is 6.19. The van der Waals surface area contributed by atoms with Crippen LogP contribution in [0.15, 0.2) is 54.6 Å². The van der Waals surface area contributed by atoms with Crippen LogP contribution in [-0.4, -0.2) is 51.2 Å². The van der Waals surface area contributed by atoms with Gasteiger partial charge in [0.2, 0.25) is 0 Å². The maximum absolute atomic E-state index is 12.6. The van der Waals surface area contributed by atoms with Crippen LogP contribution in [0.5, 0.6) is 17.5 Å². The van der Waals surface area contributed by atoms with Gasteiger partial charge in [-0.25, -0.2) is 4.98 Å². The van der Waals surface area contributed by atoms with Crippen LogP contribution in [0.25, 0.3) is 11.2 Å². The number of hydrogen-bond acceptors (Lipinski definition) is 8. The zero-order chi connectivity index (χ0) is 26.1. The smallest absolute Gasteiger partial charge is 0.320 e. The van der Waals surface area contributed by atoms with Gasteiger partial charge in [-0.1, -0.05) is 24.3 Å². The molecule has 6 rings (SSSR count). The Hall–Kier alpha value is -4.44. The van der Waals surface area contributed by atoms with Gasteiger partial charge in [-0.2, -0.15) is 9.97 Å². The molecule has 1 amide bonds. The summed E-state index contributed by atoms with van der Waals surface area (Å²) in [6.07, 6.45) is 5.55. The summed E-state index contributed by atoms with van der Waals surface area (Å²) in [7, 11) is 0. The molecule has 0 atom stereocenters. The molecule has 2 aliphatic rings. The maximum atomic E-state index is 12.6. The number of aromatic nitrogens is 4. The summed E-state index contributed by atoms with van der Waals surface area (Å²) in [6.45, 7) is 4.52. The van der Waals surface area contributed by atoms with Gasteiger partial charge in [0, 0.05) is 18.7 Å². The van der Waals surface area contributed by atoms with Crippen LogP contribution in [0.1, 0.15) is 33.7 Å². The fraction of sp³-hybridized carbons (Fsp3) is 0.286. The van der Waals surface area contributed by atoms with Gasteiger partial charge in [-0.3, -0.25) is 4.79 Å². The second kappa shape index (κ2) is 10.1. The molecular weight excluding hydrogens is 482 g/mol. The molecule has 0 unspecified atom stereocenters. The zero-order valence-electron chi connectivity index (χ0n) is 21.1. The molecule has 4 bridgehead atoms.